The van der Waals surface area contributed by atoms with Crippen molar-refractivity contribution in [1.29, 1.82) is 0 Å². The zero-order valence-corrected chi connectivity index (χ0v) is 16.5. The molecule has 0 unspecified atom stereocenters. The molecule has 0 amide bonds. The Bertz CT molecular complexity index is 578. The van der Waals surface area contributed by atoms with Gasteiger partial charge in [-0.3, -0.25) is 0 Å². The molecule has 2 N–H and O–H groups in total. The SMILES string of the molecule is CCNC(=NCc1cc(C)oc1C)NCCc1cccs1.I. The predicted octanol–water partition coefficient (Wildman–Crippen LogP) is 3.87. The van der Waals surface area contributed by atoms with Gasteiger partial charge >= 0.3 is 0 Å². The summed E-state index contributed by atoms with van der Waals surface area (Å²) in [6.07, 6.45) is 1.02. The zero-order valence-electron chi connectivity index (χ0n) is 13.3. The molecule has 0 bridgehead atoms. The molecule has 2 aromatic rings. The lowest BCUT2D eigenvalue weighted by atomic mass is 10.2. The van der Waals surface area contributed by atoms with Gasteiger partial charge in [0, 0.05) is 23.5 Å². The van der Waals surface area contributed by atoms with E-state index in [9.17, 15) is 0 Å². The van der Waals surface area contributed by atoms with Crippen molar-refractivity contribution in [3.63, 3.8) is 0 Å². The molecule has 2 heterocycles. The second kappa shape index (κ2) is 9.89. The van der Waals surface area contributed by atoms with Crippen molar-refractivity contribution in [2.45, 2.75) is 33.7 Å². The van der Waals surface area contributed by atoms with Crippen molar-refractivity contribution in [3.05, 3.63) is 45.5 Å². The highest BCUT2D eigenvalue weighted by atomic mass is 127. The monoisotopic (exact) mass is 433 g/mol. The maximum atomic E-state index is 5.53. The van der Waals surface area contributed by atoms with E-state index in [1.807, 2.05) is 19.9 Å². The Morgan fingerprint density at radius 1 is 1.32 bits per heavy atom. The van der Waals surface area contributed by atoms with Gasteiger partial charge in [0.15, 0.2) is 5.96 Å². The van der Waals surface area contributed by atoms with E-state index in [2.05, 4.69) is 40.1 Å². The molecule has 4 nitrogen and oxygen atoms in total. The van der Waals surface area contributed by atoms with Crippen LogP contribution < -0.4 is 10.6 Å². The molecule has 6 heteroatoms. The van der Waals surface area contributed by atoms with Gasteiger partial charge in [0.05, 0.1) is 6.54 Å². The maximum Gasteiger partial charge on any atom is 0.191 e. The summed E-state index contributed by atoms with van der Waals surface area (Å²) in [5.41, 5.74) is 1.14. The summed E-state index contributed by atoms with van der Waals surface area (Å²) in [5.74, 6) is 2.74. The second-order valence-corrected chi connectivity index (χ2v) is 5.92. The summed E-state index contributed by atoms with van der Waals surface area (Å²) in [4.78, 5) is 6.00. The third-order valence-electron chi connectivity index (χ3n) is 3.14. The number of furan rings is 1. The molecule has 22 heavy (non-hydrogen) atoms. The molecule has 0 saturated carbocycles. The van der Waals surface area contributed by atoms with Gasteiger partial charge in [0.25, 0.3) is 0 Å². The first kappa shape index (κ1) is 19.0. The average molecular weight is 433 g/mol. The Hall–Kier alpha value is -1.02. The fraction of sp³-hybridized carbons (Fsp3) is 0.438. The van der Waals surface area contributed by atoms with Crippen LogP contribution in [-0.2, 0) is 13.0 Å². The van der Waals surface area contributed by atoms with Gasteiger partial charge in [0.2, 0.25) is 0 Å². The van der Waals surface area contributed by atoms with E-state index < -0.39 is 0 Å². The van der Waals surface area contributed by atoms with Crippen LogP contribution in [0.3, 0.4) is 0 Å². The highest BCUT2D eigenvalue weighted by molar-refractivity contribution is 14.0. The largest absolute Gasteiger partial charge is 0.466 e. The van der Waals surface area contributed by atoms with E-state index in [-0.39, 0.29) is 24.0 Å². The summed E-state index contributed by atoms with van der Waals surface area (Å²) in [5, 5.41) is 8.75. The van der Waals surface area contributed by atoms with Gasteiger partial charge in [-0.2, -0.15) is 0 Å². The summed E-state index contributed by atoms with van der Waals surface area (Å²) in [6, 6.07) is 6.30. The summed E-state index contributed by atoms with van der Waals surface area (Å²) in [6.45, 7) is 8.39. The Labute approximate surface area is 153 Å². The number of aliphatic imine (C=N–C) groups is 1. The first-order valence-electron chi connectivity index (χ1n) is 7.29. The van der Waals surface area contributed by atoms with Crippen LogP contribution in [0.5, 0.6) is 0 Å². The van der Waals surface area contributed by atoms with E-state index in [0.717, 1.165) is 42.6 Å². The molecule has 0 fully saturated rings. The molecule has 0 aromatic carbocycles. The summed E-state index contributed by atoms with van der Waals surface area (Å²) < 4.78 is 5.53. The Morgan fingerprint density at radius 3 is 2.73 bits per heavy atom. The minimum absolute atomic E-state index is 0. The van der Waals surface area contributed by atoms with Crippen molar-refractivity contribution in [2.75, 3.05) is 13.1 Å². The Kier molecular flexibility index (Phi) is 8.55. The third-order valence-corrected chi connectivity index (χ3v) is 4.08. The molecule has 0 spiro atoms. The van der Waals surface area contributed by atoms with Gasteiger partial charge in [-0.25, -0.2) is 4.99 Å². The number of hydrogen-bond donors (Lipinski definition) is 2. The fourth-order valence-electron chi connectivity index (χ4n) is 2.11. The number of guanidine groups is 1. The number of thiophene rings is 1. The van der Waals surface area contributed by atoms with Crippen LogP contribution in [0.4, 0.5) is 0 Å². The summed E-state index contributed by atoms with van der Waals surface area (Å²) in [7, 11) is 0. The normalized spacial score (nSPS) is 11.1. The van der Waals surface area contributed by atoms with Crippen LogP contribution in [0.1, 0.15) is 28.9 Å². The first-order chi connectivity index (χ1) is 10.2. The van der Waals surface area contributed by atoms with Gasteiger partial charge < -0.3 is 15.1 Å². The molecule has 0 atom stereocenters. The molecule has 0 aliphatic heterocycles. The first-order valence-corrected chi connectivity index (χ1v) is 8.17. The van der Waals surface area contributed by atoms with E-state index in [1.165, 1.54) is 4.88 Å². The standard InChI is InChI=1S/C16H23N3OS.HI/c1-4-17-16(18-8-7-15-6-5-9-21-15)19-11-14-10-12(2)20-13(14)3;/h5-6,9-10H,4,7-8,11H2,1-3H3,(H2,17,18,19);1H. The number of rotatable bonds is 6. The van der Waals surface area contributed by atoms with E-state index in [1.54, 1.807) is 11.3 Å². The molecule has 0 radical (unpaired) electrons. The number of halogens is 1. The molecular formula is C16H24IN3OS. The number of nitrogens with one attached hydrogen (secondary N) is 2. The van der Waals surface area contributed by atoms with Crippen LogP contribution in [0.25, 0.3) is 0 Å². The number of aryl methyl sites for hydroxylation is 2. The fourth-order valence-corrected chi connectivity index (χ4v) is 2.81. The van der Waals surface area contributed by atoms with E-state index in [4.69, 9.17) is 4.42 Å². The minimum Gasteiger partial charge on any atom is -0.466 e. The van der Waals surface area contributed by atoms with Crippen LogP contribution >= 0.6 is 35.3 Å². The second-order valence-electron chi connectivity index (χ2n) is 4.89. The van der Waals surface area contributed by atoms with Crippen LogP contribution in [0.2, 0.25) is 0 Å². The lowest BCUT2D eigenvalue weighted by Crippen LogP contribution is -2.38. The topological polar surface area (TPSA) is 49.6 Å². The highest BCUT2D eigenvalue weighted by Gasteiger charge is 2.04. The molecule has 2 aromatic heterocycles. The zero-order chi connectivity index (χ0) is 15.1. The highest BCUT2D eigenvalue weighted by Crippen LogP contribution is 2.14. The van der Waals surface area contributed by atoms with E-state index in [0.29, 0.717) is 6.54 Å². The van der Waals surface area contributed by atoms with E-state index >= 15 is 0 Å². The predicted molar refractivity (Wildman–Crippen MR) is 104 cm³/mol. The van der Waals surface area contributed by atoms with Crippen molar-refractivity contribution in [2.24, 2.45) is 4.99 Å². The van der Waals surface area contributed by atoms with Crippen LogP contribution in [0, 0.1) is 13.8 Å². The number of nitrogens with zero attached hydrogens (tertiary/aromatic N) is 1. The van der Waals surface area contributed by atoms with Gasteiger partial charge in [-0.05, 0) is 44.7 Å². The third kappa shape index (κ3) is 6.00. The summed E-state index contributed by atoms with van der Waals surface area (Å²) >= 11 is 1.79. The quantitative estimate of drug-likeness (QED) is 0.413. The van der Waals surface area contributed by atoms with Crippen LogP contribution in [0.15, 0.2) is 33.0 Å². The Balaban J connectivity index is 0.00000242. The average Bonchev–Trinajstić information content (AvgIpc) is 3.06. The Morgan fingerprint density at radius 2 is 2.14 bits per heavy atom. The number of hydrogen-bond acceptors (Lipinski definition) is 3. The van der Waals surface area contributed by atoms with Crippen molar-refractivity contribution in [1.82, 2.24) is 10.6 Å². The molecule has 0 aliphatic rings. The van der Waals surface area contributed by atoms with Crippen molar-refractivity contribution in [3.8, 4) is 0 Å². The van der Waals surface area contributed by atoms with Crippen LogP contribution in [-0.4, -0.2) is 19.0 Å². The van der Waals surface area contributed by atoms with Gasteiger partial charge in [-0.1, -0.05) is 6.07 Å². The van der Waals surface area contributed by atoms with Gasteiger partial charge in [-0.15, -0.1) is 35.3 Å². The molecule has 0 aliphatic carbocycles. The molecule has 122 valence electrons. The lowest BCUT2D eigenvalue weighted by Gasteiger charge is -2.10. The minimum atomic E-state index is 0. The molecular weight excluding hydrogens is 409 g/mol. The smallest absolute Gasteiger partial charge is 0.191 e. The molecule has 0 saturated heterocycles. The maximum absolute atomic E-state index is 5.53. The molecule has 2 rings (SSSR count). The lowest BCUT2D eigenvalue weighted by molar-refractivity contribution is 0.501. The van der Waals surface area contributed by atoms with Gasteiger partial charge in [0.1, 0.15) is 11.5 Å². The van der Waals surface area contributed by atoms with Crippen molar-refractivity contribution >= 4 is 41.3 Å². The van der Waals surface area contributed by atoms with Crippen molar-refractivity contribution < 1.29 is 4.42 Å².